The summed E-state index contributed by atoms with van der Waals surface area (Å²) in [5.74, 6) is 0. The van der Waals surface area contributed by atoms with Gasteiger partial charge in [-0.1, -0.05) is 0 Å². The van der Waals surface area contributed by atoms with Crippen LogP contribution in [0.4, 0.5) is 0 Å². The van der Waals surface area contributed by atoms with Gasteiger partial charge in [-0.25, -0.2) is 0 Å². The minimum atomic E-state index is -0.737. The Morgan fingerprint density at radius 3 is 1.58 bits per heavy atom. The molecule has 0 unspecified atom stereocenters. The monoisotopic (exact) mass is 175 g/mol. The molecule has 0 aliphatic heterocycles. The largest absolute Gasteiger partial charge is 0.389 e. The standard InChI is InChI=1S/C8H21N3O/c9-5-1-3-8(12,7-11)4-2-6-10/h12H,1-7,9-11H2. The third kappa shape index (κ3) is 4.66. The van der Waals surface area contributed by atoms with Crippen molar-refractivity contribution in [3.63, 3.8) is 0 Å². The lowest BCUT2D eigenvalue weighted by Gasteiger charge is -2.26. The summed E-state index contributed by atoms with van der Waals surface area (Å²) < 4.78 is 0. The Morgan fingerprint density at radius 2 is 1.33 bits per heavy atom. The predicted molar refractivity (Wildman–Crippen MR) is 50.6 cm³/mol. The topological polar surface area (TPSA) is 98.3 Å². The van der Waals surface area contributed by atoms with Crippen LogP contribution in [0.2, 0.25) is 0 Å². The molecule has 0 saturated heterocycles. The Labute approximate surface area is 74.1 Å². The molecule has 12 heavy (non-hydrogen) atoms. The number of nitrogens with two attached hydrogens (primary N) is 3. The maximum atomic E-state index is 9.85. The molecule has 0 rings (SSSR count). The molecular weight excluding hydrogens is 154 g/mol. The number of hydrogen-bond donors (Lipinski definition) is 4. The molecule has 0 radical (unpaired) electrons. The summed E-state index contributed by atoms with van der Waals surface area (Å²) in [5.41, 5.74) is 15.4. The summed E-state index contributed by atoms with van der Waals surface area (Å²) >= 11 is 0. The van der Waals surface area contributed by atoms with E-state index in [-0.39, 0.29) is 0 Å². The van der Waals surface area contributed by atoms with Crippen molar-refractivity contribution in [2.75, 3.05) is 19.6 Å². The molecule has 0 fully saturated rings. The van der Waals surface area contributed by atoms with Crippen LogP contribution in [-0.4, -0.2) is 30.3 Å². The zero-order valence-corrected chi connectivity index (χ0v) is 7.63. The van der Waals surface area contributed by atoms with E-state index in [4.69, 9.17) is 17.2 Å². The molecule has 0 spiro atoms. The Bertz CT molecular complexity index is 100. The quantitative estimate of drug-likeness (QED) is 0.405. The number of rotatable bonds is 7. The van der Waals surface area contributed by atoms with Gasteiger partial charge in [0.25, 0.3) is 0 Å². The van der Waals surface area contributed by atoms with E-state index in [1.54, 1.807) is 0 Å². The van der Waals surface area contributed by atoms with E-state index in [9.17, 15) is 5.11 Å². The molecule has 4 heteroatoms. The fourth-order valence-corrected chi connectivity index (χ4v) is 1.19. The van der Waals surface area contributed by atoms with Gasteiger partial charge in [0.15, 0.2) is 0 Å². The van der Waals surface area contributed by atoms with Crippen LogP contribution in [0.5, 0.6) is 0 Å². The van der Waals surface area contributed by atoms with Crippen LogP contribution in [0, 0.1) is 0 Å². The molecule has 0 aliphatic carbocycles. The normalized spacial score (nSPS) is 12.0. The van der Waals surface area contributed by atoms with E-state index in [1.807, 2.05) is 0 Å². The van der Waals surface area contributed by atoms with Gasteiger partial charge in [0, 0.05) is 6.54 Å². The summed E-state index contributed by atoms with van der Waals surface area (Å²) in [6.45, 7) is 1.50. The van der Waals surface area contributed by atoms with E-state index in [1.165, 1.54) is 0 Å². The van der Waals surface area contributed by atoms with Gasteiger partial charge in [0.05, 0.1) is 5.60 Å². The van der Waals surface area contributed by atoms with Gasteiger partial charge in [0.2, 0.25) is 0 Å². The SMILES string of the molecule is NCCCC(O)(CN)CCCN. The molecule has 0 atom stereocenters. The van der Waals surface area contributed by atoms with E-state index in [2.05, 4.69) is 0 Å². The van der Waals surface area contributed by atoms with Gasteiger partial charge in [-0.05, 0) is 38.8 Å². The Morgan fingerprint density at radius 1 is 0.917 bits per heavy atom. The van der Waals surface area contributed by atoms with Gasteiger partial charge in [0.1, 0.15) is 0 Å². The summed E-state index contributed by atoms with van der Waals surface area (Å²) in [5, 5.41) is 9.85. The summed E-state index contributed by atoms with van der Waals surface area (Å²) in [4.78, 5) is 0. The lowest BCUT2D eigenvalue weighted by atomic mass is 9.92. The molecule has 0 saturated carbocycles. The third-order valence-electron chi connectivity index (χ3n) is 2.07. The van der Waals surface area contributed by atoms with Gasteiger partial charge in [-0.15, -0.1) is 0 Å². The number of aliphatic hydroxyl groups is 1. The van der Waals surface area contributed by atoms with Crippen LogP contribution in [0.3, 0.4) is 0 Å². The van der Waals surface area contributed by atoms with Crippen LogP contribution in [0.25, 0.3) is 0 Å². The van der Waals surface area contributed by atoms with Gasteiger partial charge in [-0.3, -0.25) is 0 Å². The first kappa shape index (κ1) is 11.8. The molecule has 7 N–H and O–H groups in total. The average Bonchev–Trinajstić information content (AvgIpc) is 2.11. The lowest BCUT2D eigenvalue weighted by Crippen LogP contribution is -2.38. The Balaban J connectivity index is 3.70. The molecule has 0 heterocycles. The molecule has 74 valence electrons. The van der Waals surface area contributed by atoms with Crippen molar-refractivity contribution in [1.82, 2.24) is 0 Å². The van der Waals surface area contributed by atoms with Gasteiger partial charge < -0.3 is 22.3 Å². The lowest BCUT2D eigenvalue weighted by molar-refractivity contribution is 0.0289. The van der Waals surface area contributed by atoms with E-state index in [0.717, 1.165) is 12.8 Å². The van der Waals surface area contributed by atoms with Crippen LogP contribution in [0.1, 0.15) is 25.7 Å². The highest BCUT2D eigenvalue weighted by Crippen LogP contribution is 2.17. The van der Waals surface area contributed by atoms with E-state index >= 15 is 0 Å². The van der Waals surface area contributed by atoms with Crippen molar-refractivity contribution in [2.24, 2.45) is 17.2 Å². The highest BCUT2D eigenvalue weighted by atomic mass is 16.3. The molecular formula is C8H21N3O. The zero-order valence-electron chi connectivity index (χ0n) is 7.63. The average molecular weight is 175 g/mol. The highest BCUT2D eigenvalue weighted by Gasteiger charge is 2.23. The fourth-order valence-electron chi connectivity index (χ4n) is 1.19. The van der Waals surface area contributed by atoms with Gasteiger partial charge in [-0.2, -0.15) is 0 Å². The van der Waals surface area contributed by atoms with Crippen LogP contribution >= 0.6 is 0 Å². The maximum absolute atomic E-state index is 9.85. The third-order valence-corrected chi connectivity index (χ3v) is 2.07. The molecule has 0 amide bonds. The minimum absolute atomic E-state index is 0.299. The number of hydrogen-bond acceptors (Lipinski definition) is 4. The first-order valence-corrected chi connectivity index (χ1v) is 4.51. The van der Waals surface area contributed by atoms with E-state index in [0.29, 0.717) is 32.5 Å². The molecule has 0 aromatic rings. The van der Waals surface area contributed by atoms with Crippen LogP contribution in [0.15, 0.2) is 0 Å². The summed E-state index contributed by atoms with van der Waals surface area (Å²) in [6.07, 6.45) is 3.00. The fraction of sp³-hybridized carbons (Fsp3) is 1.00. The minimum Gasteiger partial charge on any atom is -0.389 e. The van der Waals surface area contributed by atoms with Crippen molar-refractivity contribution < 1.29 is 5.11 Å². The van der Waals surface area contributed by atoms with Crippen LogP contribution in [-0.2, 0) is 0 Å². The van der Waals surface area contributed by atoms with Gasteiger partial charge >= 0.3 is 0 Å². The van der Waals surface area contributed by atoms with Crippen LogP contribution < -0.4 is 17.2 Å². The molecule has 0 aromatic carbocycles. The second-order valence-electron chi connectivity index (χ2n) is 3.21. The van der Waals surface area contributed by atoms with Crippen molar-refractivity contribution in [3.8, 4) is 0 Å². The summed E-state index contributed by atoms with van der Waals surface area (Å²) in [7, 11) is 0. The van der Waals surface area contributed by atoms with Crippen molar-refractivity contribution >= 4 is 0 Å². The maximum Gasteiger partial charge on any atom is 0.0770 e. The highest BCUT2D eigenvalue weighted by molar-refractivity contribution is 4.79. The first-order chi connectivity index (χ1) is 5.68. The Hall–Kier alpha value is -0.160. The predicted octanol–water partition coefficient (Wildman–Crippen LogP) is -0.846. The molecule has 4 nitrogen and oxygen atoms in total. The summed E-state index contributed by atoms with van der Waals surface area (Å²) in [6, 6.07) is 0. The smallest absolute Gasteiger partial charge is 0.0770 e. The van der Waals surface area contributed by atoms with E-state index < -0.39 is 5.60 Å². The Kier molecular flexibility index (Phi) is 6.28. The zero-order chi connectivity index (χ0) is 9.45. The molecule has 0 aromatic heterocycles. The second-order valence-corrected chi connectivity index (χ2v) is 3.21. The second kappa shape index (κ2) is 6.37. The molecule has 0 bridgehead atoms. The van der Waals surface area contributed by atoms with Crippen molar-refractivity contribution in [3.05, 3.63) is 0 Å². The molecule has 0 aliphatic rings. The van der Waals surface area contributed by atoms with Crippen molar-refractivity contribution in [1.29, 1.82) is 0 Å². The first-order valence-electron chi connectivity index (χ1n) is 4.51. The van der Waals surface area contributed by atoms with Crippen molar-refractivity contribution in [2.45, 2.75) is 31.3 Å².